The molecular weight excluding hydrogens is 384 g/mol. The number of carbonyl (C=O) groups excluding carboxylic acids is 1. The van der Waals surface area contributed by atoms with Crippen LogP contribution in [-0.2, 0) is 12.0 Å². The maximum absolute atomic E-state index is 12.4. The van der Waals surface area contributed by atoms with Crippen molar-refractivity contribution in [1.82, 2.24) is 0 Å². The Balaban J connectivity index is 1.71. The van der Waals surface area contributed by atoms with Crippen molar-refractivity contribution in [3.05, 3.63) is 101 Å². The third-order valence-electron chi connectivity index (χ3n) is 5.18. The smallest absolute Gasteiger partial charge is 0.185 e. The molecule has 0 N–H and O–H groups in total. The summed E-state index contributed by atoms with van der Waals surface area (Å²) in [6.45, 7) is 8.96. The third-order valence-corrected chi connectivity index (χ3v) is 5.18. The molecule has 3 aromatic rings. The van der Waals surface area contributed by atoms with Crippen molar-refractivity contribution < 1.29 is 14.3 Å². The van der Waals surface area contributed by atoms with Crippen LogP contribution in [0.15, 0.2) is 72.8 Å². The van der Waals surface area contributed by atoms with E-state index in [4.69, 9.17) is 9.47 Å². The van der Waals surface area contributed by atoms with Gasteiger partial charge in [0, 0.05) is 11.1 Å². The molecule has 0 saturated heterocycles. The van der Waals surface area contributed by atoms with Gasteiger partial charge < -0.3 is 9.47 Å². The Morgan fingerprint density at radius 1 is 0.935 bits per heavy atom. The van der Waals surface area contributed by atoms with Gasteiger partial charge in [0.05, 0.1) is 7.11 Å². The van der Waals surface area contributed by atoms with Gasteiger partial charge in [0.15, 0.2) is 5.78 Å². The summed E-state index contributed by atoms with van der Waals surface area (Å²) in [4.78, 5) is 12.4. The fourth-order valence-corrected chi connectivity index (χ4v) is 3.21. The summed E-state index contributed by atoms with van der Waals surface area (Å²) in [6.07, 6.45) is 3.42. The minimum atomic E-state index is -0.0208. The van der Waals surface area contributed by atoms with Crippen LogP contribution in [-0.4, -0.2) is 12.9 Å². The minimum absolute atomic E-state index is 0.0208. The second-order valence-corrected chi connectivity index (χ2v) is 8.70. The Labute approximate surface area is 185 Å². The van der Waals surface area contributed by atoms with Gasteiger partial charge in [-0.2, -0.15) is 0 Å². The molecule has 0 fully saturated rings. The zero-order chi connectivity index (χ0) is 22.4. The number of ketones is 1. The van der Waals surface area contributed by atoms with Gasteiger partial charge >= 0.3 is 0 Å². The van der Waals surface area contributed by atoms with Crippen LogP contribution in [0.3, 0.4) is 0 Å². The molecule has 0 unspecified atom stereocenters. The van der Waals surface area contributed by atoms with Crippen molar-refractivity contribution in [2.24, 2.45) is 0 Å². The van der Waals surface area contributed by atoms with Crippen LogP contribution in [0.1, 0.15) is 53.4 Å². The normalized spacial score (nSPS) is 11.5. The SMILES string of the molecule is COc1ccc(/C=C/C(=O)c2ccc(C)cc2)cc1COc1ccc(C(C)(C)C)cc1. The van der Waals surface area contributed by atoms with Crippen molar-refractivity contribution in [2.45, 2.75) is 39.7 Å². The van der Waals surface area contributed by atoms with Gasteiger partial charge in [0.25, 0.3) is 0 Å². The van der Waals surface area contributed by atoms with Gasteiger partial charge in [-0.3, -0.25) is 4.79 Å². The number of carbonyl (C=O) groups is 1. The molecule has 0 amide bonds. The Bertz CT molecular complexity index is 1050. The average molecular weight is 415 g/mol. The van der Waals surface area contributed by atoms with Crippen LogP contribution in [0.4, 0.5) is 0 Å². The number of rotatable bonds is 7. The molecule has 3 aromatic carbocycles. The quantitative estimate of drug-likeness (QED) is 0.316. The standard InChI is InChI=1S/C28H30O3/c1-20-6-10-22(11-7-20)26(29)16-8-21-9-17-27(30-5)23(18-21)19-31-25-14-12-24(13-15-25)28(2,3)4/h6-18H,19H2,1-5H3/b16-8+. The summed E-state index contributed by atoms with van der Waals surface area (Å²) < 4.78 is 11.5. The van der Waals surface area contributed by atoms with E-state index in [0.717, 1.165) is 28.2 Å². The topological polar surface area (TPSA) is 35.5 Å². The van der Waals surface area contributed by atoms with Crippen molar-refractivity contribution >= 4 is 11.9 Å². The van der Waals surface area contributed by atoms with Crippen LogP contribution in [0.2, 0.25) is 0 Å². The summed E-state index contributed by atoms with van der Waals surface area (Å²) in [7, 11) is 1.65. The molecule has 160 valence electrons. The lowest BCUT2D eigenvalue weighted by atomic mass is 9.87. The maximum atomic E-state index is 12.4. The van der Waals surface area contributed by atoms with E-state index in [-0.39, 0.29) is 11.2 Å². The van der Waals surface area contributed by atoms with Gasteiger partial charge in [-0.1, -0.05) is 74.9 Å². The second-order valence-electron chi connectivity index (χ2n) is 8.70. The Hall–Kier alpha value is -3.33. The van der Waals surface area contributed by atoms with Crippen LogP contribution in [0.5, 0.6) is 11.5 Å². The molecule has 31 heavy (non-hydrogen) atoms. The molecule has 3 nitrogen and oxygen atoms in total. The lowest BCUT2D eigenvalue weighted by molar-refractivity contribution is 0.104. The molecule has 0 aromatic heterocycles. The molecule has 0 aliphatic rings. The Morgan fingerprint density at radius 2 is 1.61 bits per heavy atom. The Morgan fingerprint density at radius 3 is 2.23 bits per heavy atom. The maximum Gasteiger partial charge on any atom is 0.185 e. The number of methoxy groups -OCH3 is 1. The first kappa shape index (κ1) is 22.4. The molecule has 0 aliphatic heterocycles. The number of aryl methyl sites for hydroxylation is 1. The number of hydrogen-bond acceptors (Lipinski definition) is 3. The first-order valence-electron chi connectivity index (χ1n) is 10.5. The summed E-state index contributed by atoms with van der Waals surface area (Å²) in [5.74, 6) is 1.55. The van der Waals surface area contributed by atoms with Crippen molar-refractivity contribution in [3.8, 4) is 11.5 Å². The predicted molar refractivity (Wildman–Crippen MR) is 127 cm³/mol. The van der Waals surface area contributed by atoms with E-state index in [9.17, 15) is 4.79 Å². The van der Waals surface area contributed by atoms with Gasteiger partial charge in [-0.25, -0.2) is 0 Å². The van der Waals surface area contributed by atoms with Crippen LogP contribution in [0.25, 0.3) is 6.08 Å². The van der Waals surface area contributed by atoms with Gasteiger partial charge in [-0.15, -0.1) is 0 Å². The van der Waals surface area contributed by atoms with Crippen LogP contribution >= 0.6 is 0 Å². The monoisotopic (exact) mass is 414 g/mol. The van der Waals surface area contributed by atoms with E-state index < -0.39 is 0 Å². The highest BCUT2D eigenvalue weighted by atomic mass is 16.5. The lowest BCUT2D eigenvalue weighted by Crippen LogP contribution is -2.10. The molecule has 0 heterocycles. The van der Waals surface area contributed by atoms with Gasteiger partial charge in [-0.05, 0) is 53.8 Å². The highest BCUT2D eigenvalue weighted by Crippen LogP contribution is 2.26. The van der Waals surface area contributed by atoms with Gasteiger partial charge in [0.1, 0.15) is 18.1 Å². The number of hydrogen-bond donors (Lipinski definition) is 0. The number of allylic oxidation sites excluding steroid dienone is 1. The van der Waals surface area contributed by atoms with E-state index in [1.807, 2.05) is 67.6 Å². The zero-order valence-electron chi connectivity index (χ0n) is 18.9. The molecule has 0 atom stereocenters. The minimum Gasteiger partial charge on any atom is -0.496 e. The summed E-state index contributed by atoms with van der Waals surface area (Å²) >= 11 is 0. The molecule has 3 rings (SSSR count). The number of ether oxygens (including phenoxy) is 2. The molecule has 3 heteroatoms. The van der Waals surface area contributed by atoms with E-state index >= 15 is 0 Å². The Kier molecular flexibility index (Phi) is 6.96. The second kappa shape index (κ2) is 9.65. The van der Waals surface area contributed by atoms with E-state index in [1.54, 1.807) is 13.2 Å². The molecule has 0 radical (unpaired) electrons. The number of benzene rings is 3. The molecule has 0 spiro atoms. The fourth-order valence-electron chi connectivity index (χ4n) is 3.21. The molecule has 0 aliphatic carbocycles. The van der Waals surface area contributed by atoms with Crippen molar-refractivity contribution in [1.29, 1.82) is 0 Å². The van der Waals surface area contributed by atoms with Gasteiger partial charge in [0.2, 0.25) is 0 Å². The van der Waals surface area contributed by atoms with Crippen LogP contribution in [0, 0.1) is 6.92 Å². The van der Waals surface area contributed by atoms with E-state index in [1.165, 1.54) is 5.56 Å². The van der Waals surface area contributed by atoms with Crippen LogP contribution < -0.4 is 9.47 Å². The highest BCUT2D eigenvalue weighted by molar-refractivity contribution is 6.06. The van der Waals surface area contributed by atoms with Crippen molar-refractivity contribution in [2.75, 3.05) is 7.11 Å². The molecule has 0 saturated carbocycles. The molecular formula is C28H30O3. The summed E-state index contributed by atoms with van der Waals surface area (Å²) in [5.41, 5.74) is 5.03. The third kappa shape index (κ3) is 6.08. The average Bonchev–Trinajstić information content (AvgIpc) is 2.76. The first-order chi connectivity index (χ1) is 14.8. The van der Waals surface area contributed by atoms with E-state index in [0.29, 0.717) is 12.2 Å². The lowest BCUT2D eigenvalue weighted by Gasteiger charge is -2.19. The summed E-state index contributed by atoms with van der Waals surface area (Å²) in [6, 6.07) is 21.6. The molecule has 0 bridgehead atoms. The zero-order valence-corrected chi connectivity index (χ0v) is 18.9. The van der Waals surface area contributed by atoms with E-state index in [2.05, 4.69) is 32.9 Å². The first-order valence-corrected chi connectivity index (χ1v) is 10.5. The summed E-state index contributed by atoms with van der Waals surface area (Å²) in [5, 5.41) is 0. The fraction of sp³-hybridized carbons (Fsp3) is 0.250. The highest BCUT2D eigenvalue weighted by Gasteiger charge is 2.13. The van der Waals surface area contributed by atoms with Crippen molar-refractivity contribution in [3.63, 3.8) is 0 Å². The predicted octanol–water partition coefficient (Wildman–Crippen LogP) is 6.78. The largest absolute Gasteiger partial charge is 0.496 e.